The number of ether oxygens (including phenoxy) is 2. The number of carbonyl (C=O) groups is 1. The van der Waals surface area contributed by atoms with Crippen LogP contribution >= 0.6 is 0 Å². The molecule has 1 aromatic carbocycles. The predicted molar refractivity (Wildman–Crippen MR) is 72.3 cm³/mol. The third kappa shape index (κ3) is 4.25. The van der Waals surface area contributed by atoms with Gasteiger partial charge in [-0.1, -0.05) is 0 Å². The summed E-state index contributed by atoms with van der Waals surface area (Å²) in [4.78, 5) is 11.0. The molecule has 0 aliphatic heterocycles. The molecule has 0 radical (unpaired) electrons. The summed E-state index contributed by atoms with van der Waals surface area (Å²) >= 11 is 0. The minimum Gasteiger partial charge on any atom is -0.495 e. The van der Waals surface area contributed by atoms with Gasteiger partial charge in [-0.2, -0.15) is 0 Å². The number of hydrogen-bond donors (Lipinski definition) is 2. The topological polar surface area (TPSA) is 59.6 Å². The number of hydrogen-bond acceptors (Lipinski definition) is 4. The van der Waals surface area contributed by atoms with Crippen molar-refractivity contribution in [1.82, 2.24) is 0 Å². The summed E-state index contributed by atoms with van der Waals surface area (Å²) in [6.07, 6.45) is 0. The third-order valence-corrected chi connectivity index (χ3v) is 2.34. The van der Waals surface area contributed by atoms with E-state index in [1.807, 2.05) is 19.1 Å². The Balaban J connectivity index is 2.87. The number of carbonyl (C=O) groups excluding carboxylic acids is 1. The van der Waals surface area contributed by atoms with Gasteiger partial charge in [-0.15, -0.1) is 0 Å². The first-order valence-electron chi connectivity index (χ1n) is 5.78. The number of benzene rings is 1. The standard InChI is InChI=1S/C13H20N2O3/c1-9(8-17-3)14-12-7-11(15-10(2)16)5-6-13(12)18-4/h5-7,9,14H,8H2,1-4H3,(H,15,16). The maximum absolute atomic E-state index is 11.0. The second-order valence-corrected chi connectivity index (χ2v) is 4.10. The molecule has 1 amide bonds. The molecule has 1 aromatic rings. The summed E-state index contributed by atoms with van der Waals surface area (Å²) in [7, 11) is 3.27. The lowest BCUT2D eigenvalue weighted by molar-refractivity contribution is -0.114. The highest BCUT2D eigenvalue weighted by Crippen LogP contribution is 2.28. The van der Waals surface area contributed by atoms with Crippen LogP contribution in [0.15, 0.2) is 18.2 Å². The molecule has 0 heterocycles. The second-order valence-electron chi connectivity index (χ2n) is 4.10. The summed E-state index contributed by atoms with van der Waals surface area (Å²) in [5.41, 5.74) is 1.56. The molecule has 0 aromatic heterocycles. The average Bonchev–Trinajstić information content (AvgIpc) is 2.28. The van der Waals surface area contributed by atoms with Gasteiger partial charge >= 0.3 is 0 Å². The van der Waals surface area contributed by atoms with Crippen LogP contribution in [0.25, 0.3) is 0 Å². The number of rotatable bonds is 6. The molecule has 1 atom stereocenters. The fraction of sp³-hybridized carbons (Fsp3) is 0.462. The molecule has 2 N–H and O–H groups in total. The van der Waals surface area contributed by atoms with E-state index in [2.05, 4.69) is 10.6 Å². The predicted octanol–water partition coefficient (Wildman–Crippen LogP) is 2.10. The van der Waals surface area contributed by atoms with Crippen LogP contribution in [-0.2, 0) is 9.53 Å². The average molecular weight is 252 g/mol. The molecule has 0 bridgehead atoms. The fourth-order valence-corrected chi connectivity index (χ4v) is 1.66. The van der Waals surface area contributed by atoms with E-state index < -0.39 is 0 Å². The molecule has 0 aliphatic rings. The summed E-state index contributed by atoms with van der Waals surface area (Å²) < 4.78 is 10.3. The first-order chi connectivity index (χ1) is 8.56. The normalized spacial score (nSPS) is 11.8. The van der Waals surface area contributed by atoms with Crippen LogP contribution < -0.4 is 15.4 Å². The Labute approximate surface area is 107 Å². The summed E-state index contributed by atoms with van der Waals surface area (Å²) in [6, 6.07) is 5.60. The van der Waals surface area contributed by atoms with E-state index in [0.717, 1.165) is 17.1 Å². The van der Waals surface area contributed by atoms with Gasteiger partial charge in [-0.25, -0.2) is 0 Å². The SMILES string of the molecule is COCC(C)Nc1cc(NC(C)=O)ccc1OC. The van der Waals surface area contributed by atoms with Crippen molar-refractivity contribution in [3.63, 3.8) is 0 Å². The molecule has 100 valence electrons. The number of methoxy groups -OCH3 is 2. The molecule has 5 heteroatoms. The number of nitrogens with one attached hydrogen (secondary N) is 2. The van der Waals surface area contributed by atoms with Crippen LogP contribution in [0.1, 0.15) is 13.8 Å². The van der Waals surface area contributed by atoms with Gasteiger partial charge in [-0.05, 0) is 25.1 Å². The molecule has 0 aliphatic carbocycles. The van der Waals surface area contributed by atoms with Crippen LogP contribution in [0, 0.1) is 0 Å². The Morgan fingerprint density at radius 2 is 2.11 bits per heavy atom. The molecular weight excluding hydrogens is 232 g/mol. The fourth-order valence-electron chi connectivity index (χ4n) is 1.66. The minimum absolute atomic E-state index is 0.101. The van der Waals surface area contributed by atoms with Gasteiger partial charge in [0, 0.05) is 25.8 Å². The van der Waals surface area contributed by atoms with E-state index in [1.54, 1.807) is 20.3 Å². The molecule has 0 fully saturated rings. The van der Waals surface area contributed by atoms with Gasteiger partial charge < -0.3 is 20.1 Å². The Morgan fingerprint density at radius 1 is 1.39 bits per heavy atom. The van der Waals surface area contributed by atoms with Gasteiger partial charge in [0.05, 0.1) is 19.4 Å². The van der Waals surface area contributed by atoms with Gasteiger partial charge in [0.1, 0.15) is 5.75 Å². The van der Waals surface area contributed by atoms with E-state index in [1.165, 1.54) is 6.92 Å². The van der Waals surface area contributed by atoms with Crippen molar-refractivity contribution in [3.8, 4) is 5.75 Å². The number of amides is 1. The van der Waals surface area contributed by atoms with Gasteiger partial charge in [0.25, 0.3) is 0 Å². The van der Waals surface area contributed by atoms with Crippen molar-refractivity contribution >= 4 is 17.3 Å². The summed E-state index contributed by atoms with van der Waals surface area (Å²) in [6.45, 7) is 4.08. The van der Waals surface area contributed by atoms with Crippen molar-refractivity contribution in [2.75, 3.05) is 31.5 Å². The van der Waals surface area contributed by atoms with Crippen LogP contribution in [-0.4, -0.2) is 32.8 Å². The monoisotopic (exact) mass is 252 g/mol. The van der Waals surface area contributed by atoms with E-state index in [9.17, 15) is 4.79 Å². The van der Waals surface area contributed by atoms with Crippen LogP contribution in [0.5, 0.6) is 5.75 Å². The zero-order valence-corrected chi connectivity index (χ0v) is 11.2. The van der Waals surface area contributed by atoms with E-state index in [-0.39, 0.29) is 11.9 Å². The molecule has 0 spiro atoms. The second kappa shape index (κ2) is 6.86. The van der Waals surface area contributed by atoms with Crippen molar-refractivity contribution in [2.45, 2.75) is 19.9 Å². The first kappa shape index (κ1) is 14.3. The Bertz CT molecular complexity index is 407. The maximum atomic E-state index is 11.0. The Hall–Kier alpha value is -1.75. The highest BCUT2D eigenvalue weighted by atomic mass is 16.5. The third-order valence-electron chi connectivity index (χ3n) is 2.34. The van der Waals surface area contributed by atoms with Crippen LogP contribution in [0.3, 0.4) is 0 Å². The smallest absolute Gasteiger partial charge is 0.221 e. The maximum Gasteiger partial charge on any atom is 0.221 e. The Kier molecular flexibility index (Phi) is 5.45. The molecule has 18 heavy (non-hydrogen) atoms. The molecule has 0 saturated heterocycles. The lowest BCUT2D eigenvalue weighted by Crippen LogP contribution is -2.21. The van der Waals surface area contributed by atoms with Crippen molar-refractivity contribution in [2.24, 2.45) is 0 Å². The zero-order chi connectivity index (χ0) is 13.5. The lowest BCUT2D eigenvalue weighted by atomic mass is 10.2. The quantitative estimate of drug-likeness (QED) is 0.814. The molecule has 1 unspecified atom stereocenters. The largest absolute Gasteiger partial charge is 0.495 e. The van der Waals surface area contributed by atoms with E-state index in [0.29, 0.717) is 6.61 Å². The molecule has 1 rings (SSSR count). The Morgan fingerprint density at radius 3 is 2.67 bits per heavy atom. The van der Waals surface area contributed by atoms with Gasteiger partial charge in [-0.3, -0.25) is 4.79 Å². The highest BCUT2D eigenvalue weighted by Gasteiger charge is 2.08. The van der Waals surface area contributed by atoms with Crippen LogP contribution in [0.2, 0.25) is 0 Å². The van der Waals surface area contributed by atoms with Crippen molar-refractivity contribution in [1.29, 1.82) is 0 Å². The molecular formula is C13H20N2O3. The van der Waals surface area contributed by atoms with Gasteiger partial charge in [0.2, 0.25) is 5.91 Å². The van der Waals surface area contributed by atoms with Gasteiger partial charge in [0.15, 0.2) is 0 Å². The highest BCUT2D eigenvalue weighted by molar-refractivity contribution is 5.89. The first-order valence-corrected chi connectivity index (χ1v) is 5.78. The molecule has 0 saturated carbocycles. The lowest BCUT2D eigenvalue weighted by Gasteiger charge is -2.17. The minimum atomic E-state index is -0.101. The zero-order valence-electron chi connectivity index (χ0n) is 11.2. The molecule has 5 nitrogen and oxygen atoms in total. The van der Waals surface area contributed by atoms with Crippen molar-refractivity contribution in [3.05, 3.63) is 18.2 Å². The van der Waals surface area contributed by atoms with Crippen molar-refractivity contribution < 1.29 is 14.3 Å². The summed E-state index contributed by atoms with van der Waals surface area (Å²) in [5, 5.41) is 6.01. The number of anilines is 2. The van der Waals surface area contributed by atoms with E-state index >= 15 is 0 Å². The van der Waals surface area contributed by atoms with E-state index in [4.69, 9.17) is 9.47 Å². The van der Waals surface area contributed by atoms with Crippen LogP contribution in [0.4, 0.5) is 11.4 Å². The summed E-state index contributed by atoms with van der Waals surface area (Å²) in [5.74, 6) is 0.628.